The Morgan fingerprint density at radius 1 is 1.39 bits per heavy atom. The van der Waals surface area contributed by atoms with Crippen molar-refractivity contribution in [3.8, 4) is 0 Å². The molecule has 0 bridgehead atoms. The highest BCUT2D eigenvalue weighted by molar-refractivity contribution is 9.10. The lowest BCUT2D eigenvalue weighted by atomic mass is 10.1. The van der Waals surface area contributed by atoms with Crippen LogP contribution in [0, 0.1) is 0 Å². The number of rotatable bonds is 2. The Bertz CT molecular complexity index is 555. The van der Waals surface area contributed by atoms with E-state index in [-0.39, 0.29) is 0 Å². The lowest BCUT2D eigenvalue weighted by Gasteiger charge is -2.23. The molecule has 1 aliphatic rings. The lowest BCUT2D eigenvalue weighted by Crippen LogP contribution is -2.25. The van der Waals surface area contributed by atoms with Gasteiger partial charge in [0.25, 0.3) is 0 Å². The first-order chi connectivity index (χ1) is 8.83. The van der Waals surface area contributed by atoms with E-state index in [0.717, 1.165) is 21.2 Å². The highest BCUT2D eigenvalue weighted by atomic mass is 79.9. The van der Waals surface area contributed by atoms with Crippen LogP contribution >= 0.6 is 27.7 Å². The molecule has 5 heteroatoms. The van der Waals surface area contributed by atoms with Gasteiger partial charge in [-0.15, -0.1) is 0 Å². The first-order valence-corrected chi connectivity index (χ1v) is 8.02. The minimum atomic E-state index is 0.555. The highest BCUT2D eigenvalue weighted by Gasteiger charge is 2.14. The van der Waals surface area contributed by atoms with Crippen LogP contribution in [0.5, 0.6) is 0 Å². The number of anilines is 1. The topological polar surface area (TPSA) is 37.8 Å². The molecule has 3 nitrogen and oxygen atoms in total. The third-order valence-corrected chi connectivity index (χ3v) is 4.71. The summed E-state index contributed by atoms with van der Waals surface area (Å²) >= 11 is 5.45. The quantitative estimate of drug-likeness (QED) is 0.914. The van der Waals surface area contributed by atoms with Crippen molar-refractivity contribution in [1.82, 2.24) is 9.97 Å². The molecule has 2 aromatic heterocycles. The van der Waals surface area contributed by atoms with E-state index in [1.54, 1.807) is 0 Å². The summed E-state index contributed by atoms with van der Waals surface area (Å²) in [5, 5.41) is 3.60. The number of fused-ring (bicyclic) bond motifs is 1. The van der Waals surface area contributed by atoms with Crippen LogP contribution in [0.1, 0.15) is 12.8 Å². The van der Waals surface area contributed by atoms with Gasteiger partial charge in [0.1, 0.15) is 5.52 Å². The fraction of sp³-hybridized carbons (Fsp3) is 0.385. The fourth-order valence-electron chi connectivity index (χ4n) is 2.20. The van der Waals surface area contributed by atoms with Crippen LogP contribution in [0.4, 0.5) is 5.69 Å². The van der Waals surface area contributed by atoms with Crippen molar-refractivity contribution < 1.29 is 0 Å². The van der Waals surface area contributed by atoms with Gasteiger partial charge in [-0.05, 0) is 46.7 Å². The molecule has 0 aromatic carbocycles. The number of nitrogens with one attached hydrogen (secondary N) is 1. The molecule has 1 aliphatic heterocycles. The van der Waals surface area contributed by atoms with E-state index in [2.05, 4.69) is 31.2 Å². The maximum absolute atomic E-state index is 4.47. The average molecular weight is 324 g/mol. The van der Waals surface area contributed by atoms with Crippen LogP contribution in [-0.4, -0.2) is 27.5 Å². The molecule has 3 heterocycles. The minimum Gasteiger partial charge on any atom is -0.380 e. The van der Waals surface area contributed by atoms with E-state index in [9.17, 15) is 0 Å². The predicted molar refractivity (Wildman–Crippen MR) is 81.2 cm³/mol. The van der Waals surface area contributed by atoms with Crippen LogP contribution in [0.25, 0.3) is 11.0 Å². The molecule has 1 atom stereocenters. The highest BCUT2D eigenvalue weighted by Crippen LogP contribution is 2.25. The van der Waals surface area contributed by atoms with E-state index < -0.39 is 0 Å². The molecular formula is C13H14BrN3S. The van der Waals surface area contributed by atoms with Crippen LogP contribution < -0.4 is 5.32 Å². The van der Waals surface area contributed by atoms with Gasteiger partial charge in [-0.25, -0.2) is 0 Å². The first-order valence-electron chi connectivity index (χ1n) is 6.07. The maximum atomic E-state index is 4.47. The normalized spacial score (nSPS) is 19.9. The smallest absolute Gasteiger partial charge is 0.112 e. The molecule has 1 saturated heterocycles. The van der Waals surface area contributed by atoms with E-state index in [1.165, 1.54) is 24.3 Å². The fourth-order valence-corrected chi connectivity index (χ4v) is 3.59. The molecule has 0 saturated carbocycles. The Hall–Kier alpha value is -0.810. The monoisotopic (exact) mass is 323 g/mol. The molecule has 0 amide bonds. The number of pyridine rings is 2. The lowest BCUT2D eigenvalue weighted by molar-refractivity contribution is 0.685. The van der Waals surface area contributed by atoms with E-state index >= 15 is 0 Å². The summed E-state index contributed by atoms with van der Waals surface area (Å²) in [6, 6.07) is 4.57. The summed E-state index contributed by atoms with van der Waals surface area (Å²) in [5.41, 5.74) is 2.98. The van der Waals surface area contributed by atoms with Gasteiger partial charge in [-0.1, -0.05) is 0 Å². The SMILES string of the molecule is Brc1cnc2c(NC3CCCSC3)ccnc2c1. The van der Waals surface area contributed by atoms with Crippen molar-refractivity contribution >= 4 is 44.4 Å². The minimum absolute atomic E-state index is 0.555. The maximum Gasteiger partial charge on any atom is 0.112 e. The van der Waals surface area contributed by atoms with Gasteiger partial charge in [0, 0.05) is 28.7 Å². The van der Waals surface area contributed by atoms with Crippen molar-refractivity contribution in [2.24, 2.45) is 0 Å². The molecule has 0 spiro atoms. The van der Waals surface area contributed by atoms with Gasteiger partial charge < -0.3 is 5.32 Å². The second-order valence-electron chi connectivity index (χ2n) is 4.44. The summed E-state index contributed by atoms with van der Waals surface area (Å²) in [4.78, 5) is 8.83. The second-order valence-corrected chi connectivity index (χ2v) is 6.50. The van der Waals surface area contributed by atoms with Crippen molar-refractivity contribution in [1.29, 1.82) is 0 Å². The summed E-state index contributed by atoms with van der Waals surface area (Å²) < 4.78 is 0.966. The molecule has 2 aromatic rings. The van der Waals surface area contributed by atoms with Crippen LogP contribution in [0.15, 0.2) is 29.0 Å². The number of aromatic nitrogens is 2. The number of halogens is 1. The standard InChI is InChI=1S/C13H14BrN3S/c14-9-6-12-13(16-7-9)11(3-4-15-12)17-10-2-1-5-18-8-10/h3-4,6-7,10H,1-2,5,8H2,(H,15,17). The summed E-state index contributed by atoms with van der Waals surface area (Å²) in [5.74, 6) is 2.47. The molecule has 3 rings (SSSR count). The molecule has 1 fully saturated rings. The third-order valence-electron chi connectivity index (χ3n) is 3.06. The Morgan fingerprint density at radius 3 is 3.17 bits per heavy atom. The van der Waals surface area contributed by atoms with Gasteiger partial charge in [0.2, 0.25) is 0 Å². The van der Waals surface area contributed by atoms with E-state index in [1.807, 2.05) is 36.3 Å². The first kappa shape index (κ1) is 12.2. The Balaban J connectivity index is 1.91. The molecule has 0 radical (unpaired) electrons. The Labute approximate surface area is 119 Å². The third kappa shape index (κ3) is 2.62. The number of nitrogens with zero attached hydrogens (tertiary/aromatic N) is 2. The van der Waals surface area contributed by atoms with Gasteiger partial charge in [0.05, 0.1) is 11.2 Å². The molecule has 94 valence electrons. The largest absolute Gasteiger partial charge is 0.380 e. The molecule has 1 N–H and O–H groups in total. The Kier molecular flexibility index (Phi) is 3.70. The second kappa shape index (κ2) is 5.45. The molecule has 1 unspecified atom stereocenters. The zero-order chi connectivity index (χ0) is 12.4. The zero-order valence-electron chi connectivity index (χ0n) is 9.90. The van der Waals surface area contributed by atoms with Crippen LogP contribution in [0.2, 0.25) is 0 Å². The van der Waals surface area contributed by atoms with E-state index in [0.29, 0.717) is 6.04 Å². The van der Waals surface area contributed by atoms with Crippen molar-refractivity contribution in [3.63, 3.8) is 0 Å². The number of thioether (sulfide) groups is 1. The molecular weight excluding hydrogens is 310 g/mol. The van der Waals surface area contributed by atoms with Crippen molar-refractivity contribution in [3.05, 3.63) is 29.0 Å². The summed E-state index contributed by atoms with van der Waals surface area (Å²) in [7, 11) is 0. The summed E-state index contributed by atoms with van der Waals surface area (Å²) in [6.45, 7) is 0. The number of hydrogen-bond acceptors (Lipinski definition) is 4. The van der Waals surface area contributed by atoms with Crippen molar-refractivity contribution in [2.45, 2.75) is 18.9 Å². The van der Waals surface area contributed by atoms with Gasteiger partial charge in [-0.2, -0.15) is 11.8 Å². The number of hydrogen-bond donors (Lipinski definition) is 1. The van der Waals surface area contributed by atoms with Crippen LogP contribution in [-0.2, 0) is 0 Å². The van der Waals surface area contributed by atoms with Gasteiger partial charge >= 0.3 is 0 Å². The molecule has 18 heavy (non-hydrogen) atoms. The summed E-state index contributed by atoms with van der Waals surface area (Å²) in [6.07, 6.45) is 6.21. The predicted octanol–water partition coefficient (Wildman–Crippen LogP) is 3.70. The van der Waals surface area contributed by atoms with Gasteiger partial charge in [-0.3, -0.25) is 9.97 Å². The zero-order valence-corrected chi connectivity index (χ0v) is 12.3. The van der Waals surface area contributed by atoms with Crippen LogP contribution in [0.3, 0.4) is 0 Å². The van der Waals surface area contributed by atoms with Gasteiger partial charge in [0.15, 0.2) is 0 Å². The average Bonchev–Trinajstić information content (AvgIpc) is 2.40. The molecule has 0 aliphatic carbocycles. The van der Waals surface area contributed by atoms with Crippen molar-refractivity contribution in [2.75, 3.05) is 16.8 Å². The Morgan fingerprint density at radius 2 is 2.33 bits per heavy atom. The van der Waals surface area contributed by atoms with E-state index in [4.69, 9.17) is 0 Å².